The number of nitrogens with zero attached hydrogens (tertiary/aromatic N) is 1. The van der Waals surface area contributed by atoms with Gasteiger partial charge in [-0.1, -0.05) is 24.3 Å². The molecule has 1 heterocycles. The van der Waals surface area contributed by atoms with Crippen molar-refractivity contribution < 1.29 is 44.5 Å². The molecule has 212 valence electrons. The summed E-state index contributed by atoms with van der Waals surface area (Å²) in [7, 11) is -5.84. The Morgan fingerprint density at radius 2 is 1.60 bits per heavy atom. The number of benzene rings is 3. The van der Waals surface area contributed by atoms with Crippen LogP contribution in [0.2, 0.25) is 0 Å². The quantitative estimate of drug-likeness (QED) is 0.0641. The lowest BCUT2D eigenvalue weighted by molar-refractivity contribution is -0.147. The van der Waals surface area contributed by atoms with Gasteiger partial charge in [0.15, 0.2) is 0 Å². The third kappa shape index (κ3) is 6.57. The standard InChI is InChI=1S/C27H22F4INO6S/c1-16(34)38-24(17-2-6-19(28)7-3-17)15-14-23-25(33(26(23)35)21-10-8-20(32)9-11-21)18-4-12-22(13-5-18)39-40(36,37)27(29,30)31/h2-13,23-25H,14-15H2,1H3/t23-,24+,25-/m1/s1. The Hall–Kier alpha value is -3.20. The van der Waals surface area contributed by atoms with Crippen LogP contribution < -0.4 is 9.08 Å². The molecule has 3 aromatic rings. The molecular weight excluding hydrogens is 669 g/mol. The van der Waals surface area contributed by atoms with Crippen molar-refractivity contribution in [3.63, 3.8) is 0 Å². The van der Waals surface area contributed by atoms with Crippen molar-refractivity contribution in [3.05, 3.63) is 93.3 Å². The first-order valence-electron chi connectivity index (χ1n) is 11.9. The highest BCUT2D eigenvalue weighted by molar-refractivity contribution is 14.1. The fourth-order valence-corrected chi connectivity index (χ4v) is 5.32. The van der Waals surface area contributed by atoms with Crippen LogP contribution >= 0.6 is 22.6 Å². The van der Waals surface area contributed by atoms with Crippen LogP contribution in [0.25, 0.3) is 0 Å². The zero-order chi connectivity index (χ0) is 29.2. The van der Waals surface area contributed by atoms with E-state index in [0.29, 0.717) is 16.8 Å². The number of ether oxygens (including phenoxy) is 1. The SMILES string of the molecule is CC(=O)O[C@@H](CC[C@H]1C(=O)N(c2ccc(I)cc2)[C@@H]1c1ccc(OS(=O)(=O)C(F)(F)F)cc1)c1ccc(F)cc1. The van der Waals surface area contributed by atoms with Crippen molar-refractivity contribution in [2.24, 2.45) is 5.92 Å². The van der Waals surface area contributed by atoms with Gasteiger partial charge in [-0.3, -0.25) is 9.59 Å². The smallest absolute Gasteiger partial charge is 0.458 e. The van der Waals surface area contributed by atoms with E-state index in [1.54, 1.807) is 17.0 Å². The van der Waals surface area contributed by atoms with Gasteiger partial charge in [0.25, 0.3) is 0 Å². The predicted octanol–water partition coefficient (Wildman–Crippen LogP) is 6.45. The average Bonchev–Trinajstić information content (AvgIpc) is 2.88. The second-order valence-corrected chi connectivity index (χ2v) is 11.8. The van der Waals surface area contributed by atoms with Crippen LogP contribution in [-0.4, -0.2) is 25.8 Å². The van der Waals surface area contributed by atoms with Crippen molar-refractivity contribution in [1.29, 1.82) is 0 Å². The molecule has 0 aliphatic carbocycles. The molecule has 0 aromatic heterocycles. The lowest BCUT2D eigenvalue weighted by atomic mass is 9.78. The maximum Gasteiger partial charge on any atom is 0.534 e. The summed E-state index contributed by atoms with van der Waals surface area (Å²) >= 11 is 2.12. The normalized spacial score (nSPS) is 18.1. The van der Waals surface area contributed by atoms with E-state index in [1.807, 2.05) is 12.1 Å². The fourth-order valence-electron chi connectivity index (χ4n) is 4.50. The molecule has 7 nitrogen and oxygen atoms in total. The van der Waals surface area contributed by atoms with E-state index >= 15 is 0 Å². The number of carbonyl (C=O) groups excluding carboxylic acids is 2. The van der Waals surface area contributed by atoms with E-state index in [2.05, 4.69) is 26.8 Å². The van der Waals surface area contributed by atoms with Gasteiger partial charge in [0, 0.05) is 16.2 Å². The molecule has 0 saturated carbocycles. The highest BCUT2D eigenvalue weighted by Crippen LogP contribution is 2.47. The van der Waals surface area contributed by atoms with Crippen LogP contribution in [0.5, 0.6) is 5.75 Å². The molecule has 1 fully saturated rings. The van der Waals surface area contributed by atoms with Crippen LogP contribution in [0.15, 0.2) is 72.8 Å². The highest BCUT2D eigenvalue weighted by atomic mass is 127. The number of anilines is 1. The number of rotatable bonds is 9. The molecule has 0 spiro atoms. The summed E-state index contributed by atoms with van der Waals surface area (Å²) in [5, 5.41) is 0. The first-order valence-corrected chi connectivity index (χ1v) is 14.4. The van der Waals surface area contributed by atoms with Crippen LogP contribution in [0, 0.1) is 15.3 Å². The first kappa shape index (κ1) is 29.8. The molecule has 1 aliphatic heterocycles. The molecule has 0 unspecified atom stereocenters. The Kier molecular flexibility index (Phi) is 8.73. The van der Waals surface area contributed by atoms with Gasteiger partial charge in [-0.2, -0.15) is 21.6 Å². The van der Waals surface area contributed by atoms with Gasteiger partial charge >= 0.3 is 21.6 Å². The maximum atomic E-state index is 13.4. The summed E-state index contributed by atoms with van der Waals surface area (Å²) in [5.74, 6) is -2.34. The average molecular weight is 691 g/mol. The molecule has 4 rings (SSSR count). The number of amides is 1. The second-order valence-electron chi connectivity index (χ2n) is 9.02. The molecule has 0 radical (unpaired) electrons. The van der Waals surface area contributed by atoms with E-state index < -0.39 is 51.2 Å². The molecule has 1 aliphatic rings. The minimum Gasteiger partial charge on any atom is -0.458 e. The van der Waals surface area contributed by atoms with Crippen molar-refractivity contribution in [2.45, 2.75) is 37.4 Å². The Balaban J connectivity index is 1.60. The molecule has 13 heteroatoms. The van der Waals surface area contributed by atoms with Crippen molar-refractivity contribution in [3.8, 4) is 5.75 Å². The Morgan fingerprint density at radius 1 is 1.00 bits per heavy atom. The topological polar surface area (TPSA) is 90.0 Å². The molecule has 0 N–H and O–H groups in total. The Bertz CT molecular complexity index is 1480. The third-order valence-electron chi connectivity index (χ3n) is 6.32. The van der Waals surface area contributed by atoms with Gasteiger partial charge in [0.05, 0.1) is 12.0 Å². The zero-order valence-electron chi connectivity index (χ0n) is 20.8. The Labute approximate surface area is 241 Å². The monoisotopic (exact) mass is 691 g/mol. The molecular formula is C27H22F4INO6S. The highest BCUT2D eigenvalue weighted by Gasteiger charge is 2.50. The summed E-state index contributed by atoms with van der Waals surface area (Å²) in [6.07, 6.45) is -0.230. The molecule has 1 amide bonds. The van der Waals surface area contributed by atoms with Crippen LogP contribution in [0.1, 0.15) is 43.0 Å². The summed E-state index contributed by atoms with van der Waals surface area (Å²) in [6.45, 7) is 1.24. The van der Waals surface area contributed by atoms with Crippen molar-refractivity contribution in [1.82, 2.24) is 0 Å². The van der Waals surface area contributed by atoms with Crippen molar-refractivity contribution >= 4 is 50.3 Å². The number of alkyl halides is 3. The molecule has 0 bridgehead atoms. The number of esters is 1. The summed E-state index contributed by atoms with van der Waals surface area (Å²) in [5.41, 5.74) is -3.89. The number of hydrogen-bond donors (Lipinski definition) is 0. The van der Waals surface area contributed by atoms with E-state index in [9.17, 15) is 35.6 Å². The van der Waals surface area contributed by atoms with E-state index in [4.69, 9.17) is 4.74 Å². The first-order chi connectivity index (χ1) is 18.8. The largest absolute Gasteiger partial charge is 0.534 e. The fraction of sp³-hybridized carbons (Fsp3) is 0.259. The Morgan fingerprint density at radius 3 is 2.15 bits per heavy atom. The second kappa shape index (κ2) is 11.7. The lowest BCUT2D eigenvalue weighted by Crippen LogP contribution is -2.55. The molecule has 1 saturated heterocycles. The summed E-state index contributed by atoms with van der Waals surface area (Å²) in [4.78, 5) is 26.6. The number of β-lactam (4-membered cyclic amide) rings is 1. The third-order valence-corrected chi connectivity index (χ3v) is 8.02. The maximum absolute atomic E-state index is 13.4. The van der Waals surface area contributed by atoms with E-state index in [0.717, 1.165) is 15.7 Å². The van der Waals surface area contributed by atoms with Crippen molar-refractivity contribution in [2.75, 3.05) is 4.90 Å². The van der Waals surface area contributed by atoms with Crippen LogP contribution in [-0.2, 0) is 24.4 Å². The van der Waals surface area contributed by atoms with E-state index in [-0.39, 0.29) is 18.7 Å². The summed E-state index contributed by atoms with van der Waals surface area (Å²) in [6, 6.07) is 17.0. The predicted molar refractivity (Wildman–Crippen MR) is 145 cm³/mol. The van der Waals surface area contributed by atoms with Gasteiger partial charge in [0.1, 0.15) is 17.7 Å². The lowest BCUT2D eigenvalue weighted by Gasteiger charge is -2.48. The van der Waals surface area contributed by atoms with Crippen LogP contribution in [0.4, 0.5) is 23.2 Å². The van der Waals surface area contributed by atoms with E-state index in [1.165, 1.54) is 43.3 Å². The van der Waals surface area contributed by atoms with Gasteiger partial charge in [0.2, 0.25) is 5.91 Å². The zero-order valence-corrected chi connectivity index (χ0v) is 23.7. The van der Waals surface area contributed by atoms with Gasteiger partial charge in [-0.15, -0.1) is 0 Å². The van der Waals surface area contributed by atoms with Gasteiger partial charge < -0.3 is 13.8 Å². The van der Waals surface area contributed by atoms with Gasteiger partial charge in [-0.25, -0.2) is 4.39 Å². The minimum absolute atomic E-state index is 0.216. The van der Waals surface area contributed by atoms with Crippen LogP contribution in [0.3, 0.4) is 0 Å². The number of carbonyl (C=O) groups is 2. The van der Waals surface area contributed by atoms with Gasteiger partial charge in [-0.05, 0) is 95.1 Å². The number of halogens is 5. The molecule has 40 heavy (non-hydrogen) atoms. The molecule has 3 aromatic carbocycles. The number of hydrogen-bond acceptors (Lipinski definition) is 6. The minimum atomic E-state index is -5.84. The molecule has 3 atom stereocenters. The summed E-state index contributed by atoms with van der Waals surface area (Å²) < 4.78 is 84.9.